The maximum absolute atomic E-state index is 11.9. The fourth-order valence-corrected chi connectivity index (χ4v) is 3.71. The number of allylic oxidation sites excluding steroid dienone is 1. The fourth-order valence-electron chi connectivity index (χ4n) is 3.71. The summed E-state index contributed by atoms with van der Waals surface area (Å²) in [7, 11) is 0. The van der Waals surface area contributed by atoms with E-state index in [1.165, 1.54) is 32.1 Å². The third-order valence-corrected chi connectivity index (χ3v) is 5.13. The van der Waals surface area contributed by atoms with Gasteiger partial charge in [-0.25, -0.2) is 0 Å². The van der Waals surface area contributed by atoms with Gasteiger partial charge in [-0.05, 0) is 37.6 Å². The van der Waals surface area contributed by atoms with Gasteiger partial charge in [0.2, 0.25) is 12.4 Å². The largest absolute Gasteiger partial charge is 0.463 e. The van der Waals surface area contributed by atoms with E-state index in [1.54, 1.807) is 12.1 Å². The van der Waals surface area contributed by atoms with Crippen molar-refractivity contribution >= 4 is 41.5 Å². The highest BCUT2D eigenvalue weighted by molar-refractivity contribution is 6.21. The molecule has 0 bridgehead atoms. The number of esters is 4. The molecule has 1 aromatic carbocycles. The topological polar surface area (TPSA) is 158 Å². The summed E-state index contributed by atoms with van der Waals surface area (Å²) in [5.74, 6) is -3.60. The van der Waals surface area contributed by atoms with Crippen LogP contribution in [0.4, 0.5) is 0 Å². The Kier molecular flexibility index (Phi) is 10.7. The molecule has 0 radical (unpaired) electrons. The summed E-state index contributed by atoms with van der Waals surface area (Å²) in [6.45, 7) is 6.64. The second kappa shape index (κ2) is 13.5. The summed E-state index contributed by atoms with van der Waals surface area (Å²) >= 11 is 0. The lowest BCUT2D eigenvalue weighted by molar-refractivity contribution is -0.288. The third kappa shape index (κ3) is 8.80. The van der Waals surface area contributed by atoms with Gasteiger partial charge in [0, 0.05) is 27.7 Å². The lowest BCUT2D eigenvalue weighted by Gasteiger charge is -2.43. The van der Waals surface area contributed by atoms with Gasteiger partial charge in [-0.3, -0.25) is 28.8 Å². The van der Waals surface area contributed by atoms with E-state index in [0.29, 0.717) is 5.56 Å². The zero-order valence-electron chi connectivity index (χ0n) is 21.9. The van der Waals surface area contributed by atoms with Gasteiger partial charge in [-0.1, -0.05) is 12.1 Å². The highest BCUT2D eigenvalue weighted by atomic mass is 16.7. The molecule has 2 rings (SSSR count). The van der Waals surface area contributed by atoms with Crippen molar-refractivity contribution in [2.75, 3.05) is 6.61 Å². The maximum atomic E-state index is 11.9. The summed E-state index contributed by atoms with van der Waals surface area (Å²) in [4.78, 5) is 70.8. The van der Waals surface area contributed by atoms with Crippen LogP contribution in [0.5, 0.6) is 5.75 Å². The normalized spacial score (nSPS) is 22.3. The lowest BCUT2D eigenvalue weighted by atomic mass is 9.98. The molecule has 1 heterocycles. The molecular weight excluding hydrogens is 504 g/mol. The van der Waals surface area contributed by atoms with E-state index in [9.17, 15) is 28.8 Å². The number of Topliss-reactive ketones (excluding diaryl/α,β-unsaturated/α-hetero) is 2. The fraction of sp³-hybridized carbons (Fsp3) is 0.462. The number of carbonyl (C=O) groups is 6. The van der Waals surface area contributed by atoms with Crippen LogP contribution in [0.2, 0.25) is 0 Å². The molecule has 0 aliphatic carbocycles. The third-order valence-electron chi connectivity index (χ3n) is 5.13. The minimum absolute atomic E-state index is 0.0190. The van der Waals surface area contributed by atoms with Gasteiger partial charge in [-0.2, -0.15) is 0 Å². The van der Waals surface area contributed by atoms with E-state index in [2.05, 4.69) is 0 Å². The zero-order chi connectivity index (χ0) is 28.6. The monoisotopic (exact) mass is 534 g/mol. The van der Waals surface area contributed by atoms with Crippen molar-refractivity contribution in [2.45, 2.75) is 72.2 Å². The summed E-state index contributed by atoms with van der Waals surface area (Å²) in [6, 6.07) is 6.25. The lowest BCUT2D eigenvalue weighted by Crippen LogP contribution is -2.63. The molecule has 5 atom stereocenters. The smallest absolute Gasteiger partial charge is 0.303 e. The molecule has 0 aromatic heterocycles. The molecule has 12 heteroatoms. The molecule has 206 valence electrons. The van der Waals surface area contributed by atoms with Gasteiger partial charge in [0.1, 0.15) is 18.5 Å². The van der Waals surface area contributed by atoms with Crippen molar-refractivity contribution in [3.63, 3.8) is 0 Å². The first-order valence-electron chi connectivity index (χ1n) is 11.6. The molecule has 1 aliphatic rings. The molecule has 1 fully saturated rings. The average Bonchev–Trinajstić information content (AvgIpc) is 2.79. The van der Waals surface area contributed by atoms with Crippen molar-refractivity contribution in [3.05, 3.63) is 35.4 Å². The van der Waals surface area contributed by atoms with E-state index in [0.717, 1.165) is 27.7 Å². The molecular formula is C26H30O12. The van der Waals surface area contributed by atoms with Crippen LogP contribution in [0.3, 0.4) is 0 Å². The molecule has 38 heavy (non-hydrogen) atoms. The van der Waals surface area contributed by atoms with Crippen molar-refractivity contribution in [2.24, 2.45) is 0 Å². The van der Waals surface area contributed by atoms with E-state index in [-0.39, 0.29) is 11.3 Å². The van der Waals surface area contributed by atoms with Crippen molar-refractivity contribution in [3.8, 4) is 5.75 Å². The van der Waals surface area contributed by atoms with Crippen LogP contribution in [-0.4, -0.2) is 72.8 Å². The summed E-state index contributed by atoms with van der Waals surface area (Å²) < 4.78 is 32.9. The number of ketones is 2. The summed E-state index contributed by atoms with van der Waals surface area (Å²) in [5, 5.41) is 0. The maximum Gasteiger partial charge on any atom is 0.303 e. The standard InChI is InChI=1S/C26H30O12/c1-13(27)21(14(2)28)11-19-8-7-9-20(10-19)37-26-25(36-18(6)32)24(35-17(5)31)23(34-16(4)30)22(38-26)12-33-15(3)29/h7-11,22-26H,12H2,1-6H3. The predicted molar refractivity (Wildman–Crippen MR) is 128 cm³/mol. The SMILES string of the molecule is CC(=O)OCC1OC(Oc2cccc(C=C(C(C)=O)C(C)=O)c2)C(OC(C)=O)C(OC(C)=O)C1OC(C)=O. The Morgan fingerprint density at radius 2 is 1.32 bits per heavy atom. The number of hydrogen-bond acceptors (Lipinski definition) is 12. The van der Waals surface area contributed by atoms with Gasteiger partial charge in [0.05, 0.1) is 5.57 Å². The quantitative estimate of drug-likeness (QED) is 0.141. The highest BCUT2D eigenvalue weighted by Crippen LogP contribution is 2.31. The molecule has 12 nitrogen and oxygen atoms in total. The number of ether oxygens (including phenoxy) is 6. The van der Waals surface area contributed by atoms with Crippen LogP contribution in [0.15, 0.2) is 29.8 Å². The molecule has 0 amide bonds. The van der Waals surface area contributed by atoms with E-state index >= 15 is 0 Å². The Labute approximate surface area is 219 Å². The molecule has 1 aromatic rings. The minimum Gasteiger partial charge on any atom is -0.463 e. The molecule has 5 unspecified atom stereocenters. The van der Waals surface area contributed by atoms with Crippen LogP contribution in [0, 0.1) is 0 Å². The Balaban J connectivity index is 2.51. The van der Waals surface area contributed by atoms with Gasteiger partial charge < -0.3 is 28.4 Å². The van der Waals surface area contributed by atoms with Gasteiger partial charge in [0.15, 0.2) is 23.8 Å². The first-order valence-corrected chi connectivity index (χ1v) is 11.6. The van der Waals surface area contributed by atoms with Gasteiger partial charge in [0.25, 0.3) is 0 Å². The van der Waals surface area contributed by atoms with E-state index in [1.807, 2.05) is 0 Å². The number of rotatable bonds is 10. The Hall–Kier alpha value is -4.06. The van der Waals surface area contributed by atoms with Crippen LogP contribution in [-0.2, 0) is 52.5 Å². The zero-order valence-corrected chi connectivity index (χ0v) is 21.9. The van der Waals surface area contributed by atoms with E-state index < -0.39 is 72.8 Å². The van der Waals surface area contributed by atoms with E-state index in [4.69, 9.17) is 28.4 Å². The number of carbonyl (C=O) groups excluding carboxylic acids is 6. The average molecular weight is 535 g/mol. The highest BCUT2D eigenvalue weighted by Gasteiger charge is 2.53. The Morgan fingerprint density at radius 3 is 1.84 bits per heavy atom. The molecule has 0 N–H and O–H groups in total. The number of benzene rings is 1. The van der Waals surface area contributed by atoms with Crippen molar-refractivity contribution in [1.82, 2.24) is 0 Å². The number of hydrogen-bond donors (Lipinski definition) is 0. The van der Waals surface area contributed by atoms with Crippen LogP contribution in [0.1, 0.15) is 47.1 Å². The van der Waals surface area contributed by atoms with Gasteiger partial charge in [-0.15, -0.1) is 0 Å². The second-order valence-corrected chi connectivity index (χ2v) is 8.43. The summed E-state index contributed by atoms with van der Waals surface area (Å²) in [6.07, 6.45) is -5.31. The van der Waals surface area contributed by atoms with Crippen LogP contribution >= 0.6 is 0 Å². The first kappa shape index (κ1) is 30.2. The molecule has 0 spiro atoms. The van der Waals surface area contributed by atoms with Gasteiger partial charge >= 0.3 is 23.9 Å². The Morgan fingerprint density at radius 1 is 0.763 bits per heavy atom. The van der Waals surface area contributed by atoms with Crippen molar-refractivity contribution < 1.29 is 57.2 Å². The predicted octanol–water partition coefficient (Wildman–Crippen LogP) is 1.71. The van der Waals surface area contributed by atoms with Crippen LogP contribution < -0.4 is 4.74 Å². The summed E-state index contributed by atoms with van der Waals surface area (Å²) in [5.41, 5.74) is 0.433. The first-order chi connectivity index (χ1) is 17.8. The molecule has 1 aliphatic heterocycles. The molecule has 1 saturated heterocycles. The minimum atomic E-state index is -1.42. The van der Waals surface area contributed by atoms with Crippen LogP contribution in [0.25, 0.3) is 6.08 Å². The molecule has 0 saturated carbocycles. The van der Waals surface area contributed by atoms with Crippen molar-refractivity contribution in [1.29, 1.82) is 0 Å². The Bertz CT molecular complexity index is 1100. The second-order valence-electron chi connectivity index (χ2n) is 8.43.